The molecule has 0 aliphatic rings. The number of alkyl halides is 1. The first-order chi connectivity index (χ1) is 10.7. The van der Waals surface area contributed by atoms with Crippen LogP contribution in [0.25, 0.3) is 0 Å². The maximum atomic E-state index is 11.8. The number of benzene rings is 1. The average molecular weight is 370 g/mol. The molecule has 122 valence electrons. The van der Waals surface area contributed by atoms with Gasteiger partial charge in [-0.3, -0.25) is 0 Å². The zero-order chi connectivity index (χ0) is 16.2. The number of ether oxygens (including phenoxy) is 1. The van der Waals surface area contributed by atoms with E-state index in [1.54, 1.807) is 0 Å². The summed E-state index contributed by atoms with van der Waals surface area (Å²) < 4.78 is 5.44. The van der Waals surface area contributed by atoms with Crippen LogP contribution < -0.4 is 0 Å². The molecule has 0 spiro atoms. The van der Waals surface area contributed by atoms with E-state index >= 15 is 0 Å². The average Bonchev–Trinajstić information content (AvgIpc) is 2.52. The van der Waals surface area contributed by atoms with Gasteiger partial charge in [0.1, 0.15) is 12.7 Å². The molecule has 0 aromatic heterocycles. The van der Waals surface area contributed by atoms with Crippen LogP contribution in [0.1, 0.15) is 45.1 Å². The summed E-state index contributed by atoms with van der Waals surface area (Å²) in [6.07, 6.45) is 4.78. The molecule has 0 bridgehead atoms. The molecule has 0 unspecified atom stereocenters. The van der Waals surface area contributed by atoms with E-state index < -0.39 is 5.97 Å². The van der Waals surface area contributed by atoms with Crippen molar-refractivity contribution in [3.63, 3.8) is 0 Å². The van der Waals surface area contributed by atoms with Crippen molar-refractivity contribution in [3.05, 3.63) is 35.9 Å². The van der Waals surface area contributed by atoms with E-state index in [2.05, 4.69) is 34.9 Å². The number of nitrogens with zero attached hydrogens (tertiary/aromatic N) is 1. The van der Waals surface area contributed by atoms with Gasteiger partial charge in [-0.1, -0.05) is 78.1 Å². The minimum absolute atomic E-state index is 0.127. The molecule has 0 N–H and O–H groups in total. The summed E-state index contributed by atoms with van der Waals surface area (Å²) in [4.78, 5) is 17.1. The van der Waals surface area contributed by atoms with Crippen molar-refractivity contribution >= 4 is 28.1 Å². The summed E-state index contributed by atoms with van der Waals surface area (Å²) in [6, 6.07) is 9.66. The first-order valence-electron chi connectivity index (χ1n) is 7.71. The third-order valence-corrected chi connectivity index (χ3v) is 4.16. The van der Waals surface area contributed by atoms with Crippen molar-refractivity contribution in [1.82, 2.24) is 0 Å². The normalized spacial score (nSPS) is 13.8. The number of rotatable bonds is 10. The van der Waals surface area contributed by atoms with Crippen LogP contribution in [0.15, 0.2) is 35.5 Å². The van der Waals surface area contributed by atoms with Gasteiger partial charge in [-0.05, 0) is 18.4 Å². The summed E-state index contributed by atoms with van der Waals surface area (Å²) in [5.74, 6) is -0.466. The van der Waals surface area contributed by atoms with Crippen LogP contribution >= 0.6 is 15.9 Å². The molecular formula is C17H24BrNO3. The van der Waals surface area contributed by atoms with Gasteiger partial charge in [-0.15, -0.1) is 0 Å². The summed E-state index contributed by atoms with van der Waals surface area (Å²) in [5.41, 5.74) is 1.00. The molecule has 0 fully saturated rings. The Bertz CT molecular complexity index is 450. The zero-order valence-corrected chi connectivity index (χ0v) is 14.8. The van der Waals surface area contributed by atoms with Crippen molar-refractivity contribution in [2.45, 2.75) is 57.1 Å². The SMILES string of the molecule is CCC[C@@H](Br)[C@@H](CCC)OC(=O)/C=N/OCc1ccccc1. The van der Waals surface area contributed by atoms with Gasteiger partial charge in [0.15, 0.2) is 6.21 Å². The van der Waals surface area contributed by atoms with Crippen molar-refractivity contribution in [2.24, 2.45) is 5.16 Å². The Morgan fingerprint density at radius 1 is 1.23 bits per heavy atom. The molecule has 1 rings (SSSR count). The molecule has 22 heavy (non-hydrogen) atoms. The number of carbonyl (C=O) groups is 1. The number of oxime groups is 1. The topological polar surface area (TPSA) is 47.9 Å². The number of halogens is 1. The van der Waals surface area contributed by atoms with Gasteiger partial charge in [0.2, 0.25) is 0 Å². The highest BCUT2D eigenvalue weighted by molar-refractivity contribution is 9.09. The fourth-order valence-electron chi connectivity index (χ4n) is 2.01. The van der Waals surface area contributed by atoms with Gasteiger partial charge >= 0.3 is 5.97 Å². The zero-order valence-electron chi connectivity index (χ0n) is 13.2. The van der Waals surface area contributed by atoms with E-state index in [4.69, 9.17) is 9.57 Å². The van der Waals surface area contributed by atoms with Crippen LogP contribution in [-0.4, -0.2) is 23.1 Å². The lowest BCUT2D eigenvalue weighted by Gasteiger charge is -2.21. The second kappa shape index (κ2) is 11.2. The van der Waals surface area contributed by atoms with Crippen molar-refractivity contribution in [1.29, 1.82) is 0 Å². The molecule has 4 nitrogen and oxygen atoms in total. The Labute approximate surface area is 141 Å². The van der Waals surface area contributed by atoms with Crippen molar-refractivity contribution < 1.29 is 14.4 Å². The maximum absolute atomic E-state index is 11.8. The van der Waals surface area contributed by atoms with Gasteiger partial charge in [0, 0.05) is 0 Å². The van der Waals surface area contributed by atoms with Gasteiger partial charge < -0.3 is 9.57 Å². The van der Waals surface area contributed by atoms with Crippen LogP contribution in [0.4, 0.5) is 0 Å². The standard InChI is InChI=1S/C17H24BrNO3/c1-3-8-15(18)16(9-4-2)22-17(20)12-19-21-13-14-10-6-5-7-11-14/h5-7,10-12,15-16H,3-4,8-9,13H2,1-2H3/b19-12+/t15-,16-/m1/s1. The van der Waals surface area contributed by atoms with E-state index in [1.165, 1.54) is 0 Å². The summed E-state index contributed by atoms with van der Waals surface area (Å²) >= 11 is 3.59. The van der Waals surface area contributed by atoms with Crippen LogP contribution in [0.3, 0.4) is 0 Å². The molecule has 0 saturated heterocycles. The fourth-order valence-corrected chi connectivity index (χ4v) is 2.84. The lowest BCUT2D eigenvalue weighted by atomic mass is 10.1. The third kappa shape index (κ3) is 7.59. The summed E-state index contributed by atoms with van der Waals surface area (Å²) in [5, 5.41) is 3.67. The monoisotopic (exact) mass is 369 g/mol. The first-order valence-corrected chi connectivity index (χ1v) is 8.62. The van der Waals surface area contributed by atoms with E-state index in [0.29, 0.717) is 6.61 Å². The number of carbonyl (C=O) groups excluding carboxylic acids is 1. The molecule has 0 amide bonds. The summed E-state index contributed by atoms with van der Waals surface area (Å²) in [7, 11) is 0. The predicted molar refractivity (Wildman–Crippen MR) is 92.1 cm³/mol. The molecule has 0 heterocycles. The molecular weight excluding hydrogens is 346 g/mol. The molecule has 5 heteroatoms. The Kier molecular flexibility index (Phi) is 9.55. The molecule has 0 aliphatic heterocycles. The van der Waals surface area contributed by atoms with Crippen molar-refractivity contribution in [3.8, 4) is 0 Å². The van der Waals surface area contributed by atoms with Gasteiger partial charge in [-0.2, -0.15) is 0 Å². The quantitative estimate of drug-likeness (QED) is 0.264. The lowest BCUT2D eigenvalue weighted by Crippen LogP contribution is -2.27. The Morgan fingerprint density at radius 2 is 1.91 bits per heavy atom. The smallest absolute Gasteiger partial charge is 0.353 e. The molecule has 0 aliphatic carbocycles. The van der Waals surface area contributed by atoms with Crippen LogP contribution in [-0.2, 0) is 21.0 Å². The molecule has 2 atom stereocenters. The second-order valence-electron chi connectivity index (χ2n) is 5.06. The minimum Gasteiger partial charge on any atom is -0.457 e. The first kappa shape index (κ1) is 18.7. The van der Waals surface area contributed by atoms with Crippen LogP contribution in [0, 0.1) is 0 Å². The fraction of sp³-hybridized carbons (Fsp3) is 0.529. The number of hydrogen-bond acceptors (Lipinski definition) is 4. The van der Waals surface area contributed by atoms with E-state index in [1.807, 2.05) is 30.3 Å². The Morgan fingerprint density at radius 3 is 2.55 bits per heavy atom. The molecule has 0 saturated carbocycles. The third-order valence-electron chi connectivity index (χ3n) is 3.12. The largest absolute Gasteiger partial charge is 0.457 e. The van der Waals surface area contributed by atoms with Gasteiger partial charge in [-0.25, -0.2) is 4.79 Å². The Balaban J connectivity index is 2.37. The maximum Gasteiger partial charge on any atom is 0.353 e. The van der Waals surface area contributed by atoms with Crippen LogP contribution in [0.2, 0.25) is 0 Å². The van der Waals surface area contributed by atoms with Gasteiger partial charge in [0.25, 0.3) is 0 Å². The molecule has 1 aromatic rings. The van der Waals surface area contributed by atoms with Crippen molar-refractivity contribution in [2.75, 3.05) is 0 Å². The lowest BCUT2D eigenvalue weighted by molar-refractivity contribution is -0.140. The second-order valence-corrected chi connectivity index (χ2v) is 6.24. The minimum atomic E-state index is -0.466. The highest BCUT2D eigenvalue weighted by Crippen LogP contribution is 2.19. The van der Waals surface area contributed by atoms with Crippen LogP contribution in [0.5, 0.6) is 0 Å². The number of hydrogen-bond donors (Lipinski definition) is 0. The van der Waals surface area contributed by atoms with Gasteiger partial charge in [0.05, 0.1) is 4.83 Å². The Hall–Kier alpha value is -1.36. The predicted octanol–water partition coefficient (Wildman–Crippen LogP) is 4.46. The highest BCUT2D eigenvalue weighted by Gasteiger charge is 2.20. The summed E-state index contributed by atoms with van der Waals surface area (Å²) in [6.45, 7) is 4.52. The molecule has 0 radical (unpaired) electrons. The van der Waals surface area contributed by atoms with E-state index in [-0.39, 0.29) is 10.9 Å². The highest BCUT2D eigenvalue weighted by atomic mass is 79.9. The molecule has 1 aromatic carbocycles. The number of esters is 1. The van der Waals surface area contributed by atoms with E-state index in [0.717, 1.165) is 37.5 Å². The van der Waals surface area contributed by atoms with E-state index in [9.17, 15) is 4.79 Å².